The van der Waals surface area contributed by atoms with Gasteiger partial charge in [-0.1, -0.05) is 30.3 Å². The van der Waals surface area contributed by atoms with Crippen molar-refractivity contribution in [1.82, 2.24) is 15.1 Å². The third kappa shape index (κ3) is 4.55. The Kier molecular flexibility index (Phi) is 6.25. The summed E-state index contributed by atoms with van der Waals surface area (Å²) in [5.74, 6) is -1.59. The van der Waals surface area contributed by atoms with Crippen molar-refractivity contribution >= 4 is 17.9 Å². The first-order chi connectivity index (χ1) is 13.1. The fourth-order valence-electron chi connectivity index (χ4n) is 3.15. The minimum atomic E-state index is -1.13. The van der Waals surface area contributed by atoms with Gasteiger partial charge in [-0.2, -0.15) is 0 Å². The average Bonchev–Trinajstić information content (AvgIpc) is 2.72. The third-order valence-corrected chi connectivity index (χ3v) is 4.64. The van der Waals surface area contributed by atoms with Crippen LogP contribution in [0.5, 0.6) is 0 Å². The van der Waals surface area contributed by atoms with Crippen LogP contribution in [-0.4, -0.2) is 84.9 Å². The minimum absolute atomic E-state index is 0.0695. The van der Waals surface area contributed by atoms with Crippen molar-refractivity contribution in [3.8, 4) is 0 Å². The van der Waals surface area contributed by atoms with Gasteiger partial charge in [-0.15, -0.1) is 0 Å². The van der Waals surface area contributed by atoms with Gasteiger partial charge < -0.3 is 29.7 Å². The van der Waals surface area contributed by atoms with Gasteiger partial charge in [0.2, 0.25) is 0 Å². The van der Waals surface area contributed by atoms with E-state index >= 15 is 0 Å². The van der Waals surface area contributed by atoms with E-state index in [1.807, 2.05) is 6.07 Å². The molecule has 3 rings (SSSR count). The topological polar surface area (TPSA) is 108 Å². The van der Waals surface area contributed by atoms with Crippen LogP contribution in [0, 0.1) is 0 Å². The highest BCUT2D eigenvalue weighted by Crippen LogP contribution is 2.20. The van der Waals surface area contributed by atoms with Crippen LogP contribution in [0.1, 0.15) is 11.6 Å². The molecule has 146 valence electrons. The number of urea groups is 1. The van der Waals surface area contributed by atoms with E-state index in [2.05, 4.69) is 5.32 Å². The molecule has 2 atom stereocenters. The summed E-state index contributed by atoms with van der Waals surface area (Å²) in [5.41, 5.74) is 0.597. The molecule has 27 heavy (non-hydrogen) atoms. The molecule has 0 aliphatic carbocycles. The fraction of sp³-hybridized carbons (Fsp3) is 0.500. The first kappa shape index (κ1) is 19.1. The standard InChI is InChI=1S/C18H23N3O6/c22-16(21-8-11-27-12-14(21)17(23)24)15(13-4-2-1-3-5-13)19-18(25)20-6-9-26-10-7-20/h1-5,14-15H,6-12H2,(H,19,25)(H,23,24). The Labute approximate surface area is 156 Å². The molecule has 0 spiro atoms. The van der Waals surface area contributed by atoms with Crippen molar-refractivity contribution in [3.05, 3.63) is 35.9 Å². The maximum Gasteiger partial charge on any atom is 0.328 e. The highest BCUT2D eigenvalue weighted by Gasteiger charge is 2.37. The number of morpholine rings is 2. The Balaban J connectivity index is 1.81. The molecule has 2 unspecified atom stereocenters. The van der Waals surface area contributed by atoms with Crippen molar-refractivity contribution in [2.75, 3.05) is 46.1 Å². The zero-order valence-corrected chi connectivity index (χ0v) is 14.9. The van der Waals surface area contributed by atoms with E-state index in [4.69, 9.17) is 9.47 Å². The molecule has 1 aromatic carbocycles. The van der Waals surface area contributed by atoms with Crippen molar-refractivity contribution in [2.45, 2.75) is 12.1 Å². The molecular weight excluding hydrogens is 354 g/mol. The number of ether oxygens (including phenoxy) is 2. The number of rotatable bonds is 4. The molecule has 0 radical (unpaired) electrons. The highest BCUT2D eigenvalue weighted by atomic mass is 16.5. The Hall–Kier alpha value is -2.65. The smallest absolute Gasteiger partial charge is 0.328 e. The minimum Gasteiger partial charge on any atom is -0.480 e. The predicted molar refractivity (Wildman–Crippen MR) is 94.1 cm³/mol. The predicted octanol–water partition coefficient (Wildman–Crippen LogP) is 0.0815. The normalized spacial score (nSPS) is 21.4. The second-order valence-corrected chi connectivity index (χ2v) is 6.35. The number of aliphatic carboxylic acids is 1. The quantitative estimate of drug-likeness (QED) is 0.769. The number of amides is 3. The van der Waals surface area contributed by atoms with E-state index in [1.54, 1.807) is 29.2 Å². The summed E-state index contributed by atoms with van der Waals surface area (Å²) in [6, 6.07) is 6.40. The number of carboxylic acids is 1. The first-order valence-corrected chi connectivity index (χ1v) is 8.87. The molecule has 9 nitrogen and oxygen atoms in total. The number of carbonyl (C=O) groups is 3. The van der Waals surface area contributed by atoms with Crippen LogP contribution in [0.4, 0.5) is 4.79 Å². The lowest BCUT2D eigenvalue weighted by atomic mass is 10.0. The summed E-state index contributed by atoms with van der Waals surface area (Å²) in [6.45, 7) is 2.12. The van der Waals surface area contributed by atoms with Crippen LogP contribution in [0.2, 0.25) is 0 Å². The maximum atomic E-state index is 13.2. The van der Waals surface area contributed by atoms with Crippen molar-refractivity contribution in [1.29, 1.82) is 0 Å². The lowest BCUT2D eigenvalue weighted by Crippen LogP contribution is -2.57. The molecule has 0 bridgehead atoms. The summed E-state index contributed by atoms with van der Waals surface area (Å²) in [4.78, 5) is 40.2. The van der Waals surface area contributed by atoms with Crippen LogP contribution in [0.15, 0.2) is 30.3 Å². The molecule has 9 heteroatoms. The largest absolute Gasteiger partial charge is 0.480 e. The van der Waals surface area contributed by atoms with Crippen molar-refractivity contribution < 1.29 is 29.0 Å². The molecule has 2 N–H and O–H groups in total. The number of benzene rings is 1. The summed E-state index contributed by atoms with van der Waals surface area (Å²) in [7, 11) is 0. The third-order valence-electron chi connectivity index (χ3n) is 4.64. The molecular formula is C18H23N3O6. The van der Waals surface area contributed by atoms with Gasteiger partial charge in [-0.25, -0.2) is 9.59 Å². The van der Waals surface area contributed by atoms with Crippen LogP contribution < -0.4 is 5.32 Å². The Morgan fingerprint density at radius 2 is 1.70 bits per heavy atom. The lowest BCUT2D eigenvalue weighted by Gasteiger charge is -2.36. The van der Waals surface area contributed by atoms with E-state index in [9.17, 15) is 19.5 Å². The summed E-state index contributed by atoms with van der Waals surface area (Å²) < 4.78 is 10.4. The summed E-state index contributed by atoms with van der Waals surface area (Å²) in [6.07, 6.45) is 0. The highest BCUT2D eigenvalue weighted by molar-refractivity contribution is 5.91. The van der Waals surface area contributed by atoms with Crippen LogP contribution >= 0.6 is 0 Å². The zero-order valence-electron chi connectivity index (χ0n) is 14.9. The second-order valence-electron chi connectivity index (χ2n) is 6.35. The first-order valence-electron chi connectivity index (χ1n) is 8.87. The van der Waals surface area contributed by atoms with Gasteiger partial charge in [0.25, 0.3) is 5.91 Å². The van der Waals surface area contributed by atoms with E-state index in [0.717, 1.165) is 0 Å². The molecule has 2 aliphatic rings. The van der Waals surface area contributed by atoms with Gasteiger partial charge in [0.1, 0.15) is 6.04 Å². The number of hydrogen-bond donors (Lipinski definition) is 2. The monoisotopic (exact) mass is 377 g/mol. The van der Waals surface area contributed by atoms with Crippen molar-refractivity contribution in [2.24, 2.45) is 0 Å². The van der Waals surface area contributed by atoms with Crippen LogP contribution in [0.3, 0.4) is 0 Å². The fourth-order valence-corrected chi connectivity index (χ4v) is 3.15. The number of nitrogens with one attached hydrogen (secondary N) is 1. The summed E-state index contributed by atoms with van der Waals surface area (Å²) in [5, 5.41) is 12.2. The SMILES string of the molecule is O=C(O)C1COCCN1C(=O)C(NC(=O)N1CCOCC1)c1ccccc1. The number of hydrogen-bond acceptors (Lipinski definition) is 5. The Morgan fingerprint density at radius 1 is 1.04 bits per heavy atom. The molecule has 2 saturated heterocycles. The van der Waals surface area contributed by atoms with Crippen LogP contribution in [-0.2, 0) is 19.1 Å². The molecule has 2 aliphatic heterocycles. The molecule has 0 saturated carbocycles. The molecule has 3 amide bonds. The van der Waals surface area contributed by atoms with Gasteiger partial charge in [-0.3, -0.25) is 4.79 Å². The molecule has 0 aromatic heterocycles. The number of carboxylic acid groups (broad SMARTS) is 1. The van der Waals surface area contributed by atoms with Gasteiger partial charge >= 0.3 is 12.0 Å². The molecule has 2 fully saturated rings. The van der Waals surface area contributed by atoms with E-state index < -0.39 is 24.0 Å². The number of nitrogens with zero attached hydrogens (tertiary/aromatic N) is 2. The van der Waals surface area contributed by atoms with Gasteiger partial charge in [0.05, 0.1) is 26.4 Å². The van der Waals surface area contributed by atoms with E-state index in [1.165, 1.54) is 4.90 Å². The van der Waals surface area contributed by atoms with Gasteiger partial charge in [-0.05, 0) is 5.56 Å². The summed E-state index contributed by atoms with van der Waals surface area (Å²) >= 11 is 0. The Morgan fingerprint density at radius 3 is 2.37 bits per heavy atom. The number of carbonyl (C=O) groups excluding carboxylic acids is 2. The molecule has 2 heterocycles. The van der Waals surface area contributed by atoms with Crippen LogP contribution in [0.25, 0.3) is 0 Å². The van der Waals surface area contributed by atoms with Crippen molar-refractivity contribution in [3.63, 3.8) is 0 Å². The second kappa shape index (κ2) is 8.83. The molecule has 1 aromatic rings. The van der Waals surface area contributed by atoms with E-state index in [-0.39, 0.29) is 25.8 Å². The lowest BCUT2D eigenvalue weighted by molar-refractivity contribution is -0.159. The van der Waals surface area contributed by atoms with Gasteiger partial charge in [0.15, 0.2) is 6.04 Å². The van der Waals surface area contributed by atoms with Gasteiger partial charge in [0, 0.05) is 19.6 Å². The maximum absolute atomic E-state index is 13.2. The Bertz CT molecular complexity index is 677. The van der Waals surface area contributed by atoms with E-state index in [0.29, 0.717) is 31.9 Å². The zero-order chi connectivity index (χ0) is 19.2. The average molecular weight is 377 g/mol.